The van der Waals surface area contributed by atoms with Crippen molar-refractivity contribution in [2.24, 2.45) is 0 Å². The average molecular weight is 271 g/mol. The highest BCUT2D eigenvalue weighted by atomic mass is 16.5. The fourth-order valence-electron chi connectivity index (χ4n) is 2.43. The summed E-state index contributed by atoms with van der Waals surface area (Å²) >= 11 is 0. The number of hydrogen-bond acceptors (Lipinski definition) is 3. The Hall–Kier alpha value is -1.87. The third-order valence-electron chi connectivity index (χ3n) is 3.47. The molecule has 1 aromatic heterocycles. The number of nitrogens with zero attached hydrogens (tertiary/aromatic N) is 1. The molecule has 1 heterocycles. The fraction of sp³-hybridized carbons (Fsp3) is 0.353. The van der Waals surface area contributed by atoms with Crippen molar-refractivity contribution >= 4 is 0 Å². The van der Waals surface area contributed by atoms with Gasteiger partial charge in [-0.1, -0.05) is 23.8 Å². The van der Waals surface area contributed by atoms with Crippen LogP contribution >= 0.6 is 0 Å². The molecule has 2 aromatic rings. The van der Waals surface area contributed by atoms with Gasteiger partial charge in [0.15, 0.2) is 0 Å². The first-order valence-corrected chi connectivity index (χ1v) is 6.77. The van der Waals surface area contributed by atoms with Gasteiger partial charge in [0.1, 0.15) is 5.75 Å². The van der Waals surface area contributed by atoms with Crippen molar-refractivity contribution in [2.75, 3.05) is 7.11 Å². The van der Waals surface area contributed by atoms with Crippen molar-refractivity contribution < 1.29 is 9.84 Å². The van der Waals surface area contributed by atoms with Gasteiger partial charge in [0, 0.05) is 23.4 Å². The van der Waals surface area contributed by atoms with Gasteiger partial charge in [0.2, 0.25) is 0 Å². The van der Waals surface area contributed by atoms with Crippen LogP contribution < -0.4 is 4.74 Å². The van der Waals surface area contributed by atoms with Crippen LogP contribution in [0.5, 0.6) is 5.75 Å². The molecule has 106 valence electrons. The Kier molecular flexibility index (Phi) is 4.40. The van der Waals surface area contributed by atoms with Gasteiger partial charge in [0.05, 0.1) is 13.2 Å². The van der Waals surface area contributed by atoms with E-state index in [1.54, 1.807) is 7.11 Å². The van der Waals surface area contributed by atoms with Gasteiger partial charge in [-0.15, -0.1) is 0 Å². The number of benzene rings is 1. The zero-order valence-electron chi connectivity index (χ0n) is 12.5. The maximum Gasteiger partial charge on any atom is 0.122 e. The molecule has 0 fully saturated rings. The zero-order valence-corrected chi connectivity index (χ0v) is 12.5. The number of aryl methyl sites for hydroxylation is 3. The molecule has 1 unspecified atom stereocenters. The Labute approximate surface area is 120 Å². The van der Waals surface area contributed by atoms with Gasteiger partial charge in [-0.3, -0.25) is 4.98 Å². The summed E-state index contributed by atoms with van der Waals surface area (Å²) in [5, 5.41) is 10.5. The molecule has 1 aromatic carbocycles. The Morgan fingerprint density at radius 2 is 1.90 bits per heavy atom. The summed E-state index contributed by atoms with van der Waals surface area (Å²) in [6.07, 6.45) is -0.0463. The van der Waals surface area contributed by atoms with Crippen molar-refractivity contribution in [3.63, 3.8) is 0 Å². The number of aromatic nitrogens is 1. The standard InChI is InChI=1S/C17H21NO2/c1-11-5-8-17(20-4)14(9-11)10-16(19)15-7-6-12(2)18-13(15)3/h5-9,16,19H,10H2,1-4H3. The van der Waals surface area contributed by atoms with E-state index in [4.69, 9.17) is 4.74 Å². The van der Waals surface area contributed by atoms with Crippen molar-refractivity contribution in [2.45, 2.75) is 33.3 Å². The summed E-state index contributed by atoms with van der Waals surface area (Å²) in [4.78, 5) is 4.41. The maximum absolute atomic E-state index is 10.5. The van der Waals surface area contributed by atoms with Crippen LogP contribution in [0, 0.1) is 20.8 Å². The topological polar surface area (TPSA) is 42.4 Å². The Bertz CT molecular complexity index is 608. The number of methoxy groups -OCH3 is 1. The van der Waals surface area contributed by atoms with Crippen LogP contribution in [0.2, 0.25) is 0 Å². The number of aliphatic hydroxyl groups excluding tert-OH is 1. The van der Waals surface area contributed by atoms with Crippen LogP contribution in [-0.4, -0.2) is 17.2 Å². The molecule has 0 saturated carbocycles. The highest BCUT2D eigenvalue weighted by Gasteiger charge is 2.15. The third kappa shape index (κ3) is 3.17. The molecule has 0 radical (unpaired) electrons. The molecule has 20 heavy (non-hydrogen) atoms. The van der Waals surface area contributed by atoms with E-state index in [-0.39, 0.29) is 0 Å². The summed E-state index contributed by atoms with van der Waals surface area (Å²) in [5.74, 6) is 0.812. The number of aliphatic hydroxyl groups is 1. The molecule has 0 spiro atoms. The molecule has 0 aliphatic rings. The van der Waals surface area contributed by atoms with E-state index in [0.717, 1.165) is 33.8 Å². The van der Waals surface area contributed by atoms with Gasteiger partial charge < -0.3 is 9.84 Å². The van der Waals surface area contributed by atoms with Crippen molar-refractivity contribution in [3.8, 4) is 5.75 Å². The fourth-order valence-corrected chi connectivity index (χ4v) is 2.43. The lowest BCUT2D eigenvalue weighted by Crippen LogP contribution is -2.07. The van der Waals surface area contributed by atoms with E-state index in [0.29, 0.717) is 6.42 Å². The van der Waals surface area contributed by atoms with Crippen LogP contribution in [0.4, 0.5) is 0 Å². The summed E-state index contributed by atoms with van der Waals surface area (Å²) in [5.41, 5.74) is 4.89. The first-order valence-electron chi connectivity index (χ1n) is 6.77. The van der Waals surface area contributed by atoms with E-state index in [1.165, 1.54) is 0 Å². The van der Waals surface area contributed by atoms with Crippen LogP contribution in [0.1, 0.15) is 34.2 Å². The first-order chi connectivity index (χ1) is 9.51. The molecule has 0 amide bonds. The minimum atomic E-state index is -0.571. The van der Waals surface area contributed by atoms with E-state index in [1.807, 2.05) is 45.0 Å². The highest BCUT2D eigenvalue weighted by Crippen LogP contribution is 2.27. The molecule has 0 bridgehead atoms. The Morgan fingerprint density at radius 3 is 2.55 bits per heavy atom. The van der Waals surface area contributed by atoms with Gasteiger partial charge in [-0.25, -0.2) is 0 Å². The lowest BCUT2D eigenvalue weighted by atomic mass is 9.98. The Morgan fingerprint density at radius 1 is 1.15 bits per heavy atom. The SMILES string of the molecule is COc1ccc(C)cc1CC(O)c1ccc(C)nc1C. The molecule has 3 nitrogen and oxygen atoms in total. The van der Waals surface area contributed by atoms with Crippen molar-refractivity contribution in [1.29, 1.82) is 0 Å². The highest BCUT2D eigenvalue weighted by molar-refractivity contribution is 5.38. The summed E-state index contributed by atoms with van der Waals surface area (Å²) in [6, 6.07) is 9.88. The molecule has 0 aliphatic carbocycles. The average Bonchev–Trinajstić information content (AvgIpc) is 2.38. The molecule has 1 N–H and O–H groups in total. The summed E-state index contributed by atoms with van der Waals surface area (Å²) in [7, 11) is 1.65. The lowest BCUT2D eigenvalue weighted by molar-refractivity contribution is 0.176. The number of hydrogen-bond donors (Lipinski definition) is 1. The van der Waals surface area contributed by atoms with Crippen molar-refractivity contribution in [3.05, 3.63) is 58.4 Å². The second kappa shape index (κ2) is 6.06. The van der Waals surface area contributed by atoms with E-state index >= 15 is 0 Å². The molecule has 0 saturated heterocycles. The zero-order chi connectivity index (χ0) is 14.7. The molecule has 0 aliphatic heterocycles. The van der Waals surface area contributed by atoms with Crippen LogP contribution in [0.3, 0.4) is 0 Å². The van der Waals surface area contributed by atoms with Gasteiger partial charge >= 0.3 is 0 Å². The van der Waals surface area contributed by atoms with E-state index < -0.39 is 6.10 Å². The number of ether oxygens (including phenoxy) is 1. The molecule has 1 atom stereocenters. The van der Waals surface area contributed by atoms with Crippen LogP contribution in [0.25, 0.3) is 0 Å². The second-order valence-corrected chi connectivity index (χ2v) is 5.16. The molecular weight excluding hydrogens is 250 g/mol. The molecular formula is C17H21NO2. The summed E-state index contributed by atoms with van der Waals surface area (Å²) in [6.45, 7) is 5.92. The van der Waals surface area contributed by atoms with Gasteiger partial charge in [0.25, 0.3) is 0 Å². The number of pyridine rings is 1. The van der Waals surface area contributed by atoms with Gasteiger partial charge in [-0.05, 0) is 38.5 Å². The van der Waals surface area contributed by atoms with Crippen LogP contribution in [-0.2, 0) is 6.42 Å². The van der Waals surface area contributed by atoms with Crippen molar-refractivity contribution in [1.82, 2.24) is 4.98 Å². The first kappa shape index (κ1) is 14.5. The summed E-state index contributed by atoms with van der Waals surface area (Å²) < 4.78 is 5.36. The largest absolute Gasteiger partial charge is 0.496 e. The third-order valence-corrected chi connectivity index (χ3v) is 3.47. The molecule has 3 heteroatoms. The normalized spacial score (nSPS) is 12.2. The van der Waals surface area contributed by atoms with Crippen LogP contribution in [0.15, 0.2) is 30.3 Å². The minimum Gasteiger partial charge on any atom is -0.496 e. The van der Waals surface area contributed by atoms with Gasteiger partial charge in [-0.2, -0.15) is 0 Å². The maximum atomic E-state index is 10.5. The van der Waals surface area contributed by atoms with E-state index in [2.05, 4.69) is 11.1 Å². The quantitative estimate of drug-likeness (QED) is 0.927. The number of rotatable bonds is 4. The predicted molar refractivity (Wildman–Crippen MR) is 80.1 cm³/mol. The second-order valence-electron chi connectivity index (χ2n) is 5.16. The predicted octanol–water partition coefficient (Wildman–Crippen LogP) is 3.29. The monoisotopic (exact) mass is 271 g/mol. The van der Waals surface area contributed by atoms with E-state index in [9.17, 15) is 5.11 Å². The minimum absolute atomic E-state index is 0.524. The molecule has 2 rings (SSSR count). The smallest absolute Gasteiger partial charge is 0.122 e. The lowest BCUT2D eigenvalue weighted by Gasteiger charge is -2.16. The Balaban J connectivity index is 2.27.